The SMILES string of the molecule is O=C(CCCC(C=C1CCC(c2ccccc2CN2CCCC2=O)CC1)Cc1ccc(Cl)cc1)c1cc(=O)c2cc(SC(F)(F)F)ccc2o1. The number of amides is 1. The molecule has 3 aromatic carbocycles. The molecule has 6 rings (SSSR count). The van der Waals surface area contributed by atoms with Crippen LogP contribution in [0.3, 0.4) is 0 Å². The molecule has 50 heavy (non-hydrogen) atoms. The first-order valence-electron chi connectivity index (χ1n) is 17.2. The van der Waals surface area contributed by atoms with E-state index in [0.29, 0.717) is 30.3 Å². The molecule has 5 nitrogen and oxygen atoms in total. The van der Waals surface area contributed by atoms with Gasteiger partial charge in [-0.25, -0.2) is 0 Å². The lowest BCUT2D eigenvalue weighted by atomic mass is 9.78. The highest BCUT2D eigenvalue weighted by molar-refractivity contribution is 8.00. The number of rotatable bonds is 12. The van der Waals surface area contributed by atoms with E-state index >= 15 is 0 Å². The molecular formula is C40H39ClF3NO4S. The quantitative estimate of drug-likeness (QED) is 0.0828. The number of benzene rings is 3. The summed E-state index contributed by atoms with van der Waals surface area (Å²) in [6.07, 6.45) is 10.3. The molecule has 1 aromatic heterocycles. The number of allylic oxidation sites excluding steroid dienone is 2. The average molecular weight is 722 g/mol. The van der Waals surface area contributed by atoms with Crippen LogP contribution in [0.1, 0.15) is 91.0 Å². The van der Waals surface area contributed by atoms with Gasteiger partial charge in [-0.15, -0.1) is 0 Å². The van der Waals surface area contributed by atoms with Crippen molar-refractivity contribution in [1.82, 2.24) is 4.90 Å². The Morgan fingerprint density at radius 2 is 1.76 bits per heavy atom. The largest absolute Gasteiger partial charge is 0.453 e. The Morgan fingerprint density at radius 1 is 1.00 bits per heavy atom. The van der Waals surface area contributed by atoms with Gasteiger partial charge in [-0.1, -0.05) is 59.6 Å². The highest BCUT2D eigenvalue weighted by Gasteiger charge is 2.30. The molecule has 0 spiro atoms. The van der Waals surface area contributed by atoms with Crippen molar-refractivity contribution in [2.24, 2.45) is 5.92 Å². The van der Waals surface area contributed by atoms with E-state index in [0.717, 1.165) is 69.2 Å². The fourth-order valence-corrected chi connectivity index (χ4v) is 7.94. The van der Waals surface area contributed by atoms with Gasteiger partial charge in [0, 0.05) is 41.9 Å². The summed E-state index contributed by atoms with van der Waals surface area (Å²) in [4.78, 5) is 40.0. The van der Waals surface area contributed by atoms with Crippen LogP contribution in [0.5, 0.6) is 0 Å². The molecule has 1 atom stereocenters. The van der Waals surface area contributed by atoms with E-state index in [9.17, 15) is 27.6 Å². The zero-order valence-corrected chi connectivity index (χ0v) is 29.2. The van der Waals surface area contributed by atoms with E-state index in [-0.39, 0.29) is 57.4 Å². The minimum Gasteiger partial charge on any atom is -0.453 e. The van der Waals surface area contributed by atoms with Gasteiger partial charge in [0.2, 0.25) is 5.91 Å². The Labute approximate surface area is 298 Å². The van der Waals surface area contributed by atoms with Gasteiger partial charge >= 0.3 is 5.51 Å². The molecule has 262 valence electrons. The van der Waals surface area contributed by atoms with Gasteiger partial charge in [0.25, 0.3) is 0 Å². The van der Waals surface area contributed by atoms with Crippen LogP contribution in [-0.4, -0.2) is 28.6 Å². The van der Waals surface area contributed by atoms with Crippen molar-refractivity contribution >= 4 is 46.0 Å². The predicted molar refractivity (Wildman–Crippen MR) is 192 cm³/mol. The smallest absolute Gasteiger partial charge is 0.446 e. The van der Waals surface area contributed by atoms with Gasteiger partial charge in [-0.3, -0.25) is 14.4 Å². The zero-order valence-electron chi connectivity index (χ0n) is 27.6. The highest BCUT2D eigenvalue weighted by atomic mass is 35.5. The first-order chi connectivity index (χ1) is 24.0. The van der Waals surface area contributed by atoms with Crippen molar-refractivity contribution in [3.8, 4) is 0 Å². The van der Waals surface area contributed by atoms with Crippen LogP contribution >= 0.6 is 23.4 Å². The highest BCUT2D eigenvalue weighted by Crippen LogP contribution is 2.39. The molecule has 4 aromatic rings. The number of halogens is 4. The molecular weight excluding hydrogens is 683 g/mol. The fourth-order valence-electron chi connectivity index (χ4n) is 7.24. The maximum absolute atomic E-state index is 13.2. The molecule has 0 N–H and O–H groups in total. The maximum Gasteiger partial charge on any atom is 0.446 e. The van der Waals surface area contributed by atoms with E-state index < -0.39 is 10.9 Å². The van der Waals surface area contributed by atoms with Crippen LogP contribution in [0.4, 0.5) is 13.2 Å². The van der Waals surface area contributed by atoms with Gasteiger partial charge in [-0.05, 0) is 122 Å². The van der Waals surface area contributed by atoms with E-state index in [1.165, 1.54) is 28.8 Å². The summed E-state index contributed by atoms with van der Waals surface area (Å²) in [5, 5.41) is 0.680. The summed E-state index contributed by atoms with van der Waals surface area (Å²) >= 11 is 5.84. The van der Waals surface area contributed by atoms with Crippen LogP contribution in [0.2, 0.25) is 5.02 Å². The van der Waals surface area contributed by atoms with E-state index in [4.69, 9.17) is 16.0 Å². The van der Waals surface area contributed by atoms with Crippen molar-refractivity contribution < 1.29 is 27.2 Å². The molecule has 0 radical (unpaired) electrons. The van der Waals surface area contributed by atoms with Crippen molar-refractivity contribution in [3.05, 3.63) is 122 Å². The number of alkyl halides is 3. The van der Waals surface area contributed by atoms with Gasteiger partial charge < -0.3 is 9.32 Å². The van der Waals surface area contributed by atoms with E-state index in [1.807, 2.05) is 29.2 Å². The summed E-state index contributed by atoms with van der Waals surface area (Å²) in [6.45, 7) is 1.51. The van der Waals surface area contributed by atoms with Crippen molar-refractivity contribution in [2.75, 3.05) is 6.54 Å². The second-order valence-electron chi connectivity index (χ2n) is 13.3. The standard InChI is InChI=1S/C40H39ClF3NO4S/c41-31-16-12-27(13-17-31)22-28(5-3-8-35(46)38-24-36(47)34-23-32(50-40(42,43)44)18-19-37(34)49-38)21-26-10-14-29(15-11-26)33-7-2-1-6-30(33)25-45-20-4-9-39(45)48/h1-2,6-7,12-13,16-19,21,23-24,28-29H,3-5,8-11,14-15,20,22,25H2. The summed E-state index contributed by atoms with van der Waals surface area (Å²) < 4.78 is 44.1. The van der Waals surface area contributed by atoms with Crippen LogP contribution in [0, 0.1) is 5.92 Å². The summed E-state index contributed by atoms with van der Waals surface area (Å²) in [5.41, 5.74) is 0.231. The third-order valence-corrected chi connectivity index (χ3v) is 10.7. The number of Topliss-reactive ketones (excluding diaryl/α,β-unsaturated/α-hetero) is 1. The first-order valence-corrected chi connectivity index (χ1v) is 18.4. The number of hydrogen-bond donors (Lipinski definition) is 0. The third-order valence-electron chi connectivity index (χ3n) is 9.72. The average Bonchev–Trinajstić information content (AvgIpc) is 3.49. The minimum absolute atomic E-state index is 0.00496. The van der Waals surface area contributed by atoms with Crippen LogP contribution < -0.4 is 5.43 Å². The molecule has 0 bridgehead atoms. The second-order valence-corrected chi connectivity index (χ2v) is 14.9. The van der Waals surface area contributed by atoms with E-state index in [1.54, 1.807) is 0 Å². The molecule has 1 unspecified atom stereocenters. The number of carbonyl (C=O) groups is 2. The lowest BCUT2D eigenvalue weighted by molar-refractivity contribution is -0.128. The fraction of sp³-hybridized carbons (Fsp3) is 0.375. The molecule has 1 saturated heterocycles. The number of carbonyl (C=O) groups excluding carboxylic acids is 2. The first kappa shape index (κ1) is 36.0. The topological polar surface area (TPSA) is 67.6 Å². The number of thioether (sulfide) groups is 1. The Balaban J connectivity index is 1.10. The predicted octanol–water partition coefficient (Wildman–Crippen LogP) is 10.7. The molecule has 2 fully saturated rings. The molecule has 1 aliphatic carbocycles. The number of fused-ring (bicyclic) bond motifs is 1. The Kier molecular flexibility index (Phi) is 11.5. The van der Waals surface area contributed by atoms with Crippen LogP contribution in [0.15, 0.2) is 98.6 Å². The van der Waals surface area contributed by atoms with Gasteiger partial charge in [-0.2, -0.15) is 13.2 Å². The third kappa shape index (κ3) is 9.49. The van der Waals surface area contributed by atoms with E-state index in [2.05, 4.69) is 30.3 Å². The Hall–Kier alpha value is -3.82. The molecule has 2 aliphatic rings. The second kappa shape index (κ2) is 16.0. The minimum atomic E-state index is -4.48. The lowest BCUT2D eigenvalue weighted by Gasteiger charge is -2.28. The van der Waals surface area contributed by atoms with Gasteiger partial charge in [0.15, 0.2) is 17.0 Å². The summed E-state index contributed by atoms with van der Waals surface area (Å²) in [6, 6.07) is 21.1. The van der Waals surface area contributed by atoms with Crippen LogP contribution in [0.25, 0.3) is 11.0 Å². The number of likely N-dealkylation sites (tertiary alicyclic amines) is 1. The van der Waals surface area contributed by atoms with Crippen LogP contribution in [-0.2, 0) is 17.8 Å². The molecule has 1 saturated carbocycles. The molecule has 2 heterocycles. The molecule has 10 heteroatoms. The molecule has 1 amide bonds. The summed E-state index contributed by atoms with van der Waals surface area (Å²) in [7, 11) is 0. The van der Waals surface area contributed by atoms with Gasteiger partial charge in [0.05, 0.1) is 5.39 Å². The number of nitrogens with zero attached hydrogens (tertiary/aromatic N) is 1. The molecule has 1 aliphatic heterocycles. The zero-order chi connectivity index (χ0) is 35.3. The normalized spacial score (nSPS) is 17.4. The lowest BCUT2D eigenvalue weighted by Crippen LogP contribution is -2.25. The van der Waals surface area contributed by atoms with Crippen molar-refractivity contribution in [3.63, 3.8) is 0 Å². The Morgan fingerprint density at radius 3 is 2.48 bits per heavy atom. The Bertz CT molecular complexity index is 1930. The summed E-state index contributed by atoms with van der Waals surface area (Å²) in [5.74, 6) is 0.478. The monoisotopic (exact) mass is 721 g/mol. The van der Waals surface area contributed by atoms with Crippen molar-refractivity contribution in [1.29, 1.82) is 0 Å². The van der Waals surface area contributed by atoms with Crippen molar-refractivity contribution in [2.45, 2.75) is 87.1 Å². The maximum atomic E-state index is 13.2. The van der Waals surface area contributed by atoms with Gasteiger partial charge in [0.1, 0.15) is 5.58 Å². The number of hydrogen-bond acceptors (Lipinski definition) is 5. The number of ketones is 1.